The number of nitrogens with zero attached hydrogens (tertiary/aromatic N) is 1. The number of nitrogens with one attached hydrogen (secondary N) is 1. The first-order chi connectivity index (χ1) is 13.3. The van der Waals surface area contributed by atoms with Crippen molar-refractivity contribution < 1.29 is 28.7 Å². The molecule has 0 spiro atoms. The first kappa shape index (κ1) is 19.0. The van der Waals surface area contributed by atoms with Crippen molar-refractivity contribution in [1.29, 1.82) is 0 Å². The summed E-state index contributed by atoms with van der Waals surface area (Å²) in [5, 5.41) is 2.60. The van der Waals surface area contributed by atoms with Crippen molar-refractivity contribution in [2.45, 2.75) is 13.8 Å². The van der Waals surface area contributed by atoms with Gasteiger partial charge in [-0.1, -0.05) is 0 Å². The topological polar surface area (TPSA) is 110 Å². The number of Topliss-reactive ketones (excluding diaryl/α,β-unsaturated/α-hetero) is 1. The van der Waals surface area contributed by atoms with Crippen LogP contribution in [0.15, 0.2) is 42.5 Å². The third-order valence-corrected chi connectivity index (χ3v) is 3.97. The Morgan fingerprint density at radius 2 is 1.57 bits per heavy atom. The molecule has 0 saturated carbocycles. The highest BCUT2D eigenvalue weighted by Crippen LogP contribution is 2.30. The van der Waals surface area contributed by atoms with Gasteiger partial charge in [0, 0.05) is 12.6 Å². The van der Waals surface area contributed by atoms with E-state index in [0.717, 1.165) is 4.90 Å². The Kier molecular flexibility index (Phi) is 5.04. The third-order valence-electron chi connectivity index (χ3n) is 3.97. The predicted octanol–water partition coefficient (Wildman–Crippen LogP) is 2.19. The summed E-state index contributed by atoms with van der Waals surface area (Å²) in [5.74, 6) is -2.40. The number of ketones is 1. The number of amides is 3. The van der Waals surface area contributed by atoms with E-state index in [9.17, 15) is 24.0 Å². The molecule has 3 amide bonds. The highest BCUT2D eigenvalue weighted by atomic mass is 16.5. The monoisotopic (exact) mass is 380 g/mol. The molecule has 1 aliphatic rings. The van der Waals surface area contributed by atoms with E-state index in [1.165, 1.54) is 44.2 Å². The van der Waals surface area contributed by atoms with Crippen LogP contribution < -0.4 is 10.2 Å². The van der Waals surface area contributed by atoms with Crippen LogP contribution in [0, 0.1) is 0 Å². The van der Waals surface area contributed by atoms with Crippen molar-refractivity contribution in [2.24, 2.45) is 0 Å². The molecule has 0 radical (unpaired) electrons. The van der Waals surface area contributed by atoms with Crippen molar-refractivity contribution in [3.05, 3.63) is 59.2 Å². The summed E-state index contributed by atoms with van der Waals surface area (Å²) in [4.78, 5) is 60.4. The van der Waals surface area contributed by atoms with Crippen LogP contribution in [-0.2, 0) is 14.3 Å². The van der Waals surface area contributed by atoms with Crippen LogP contribution in [0.25, 0.3) is 0 Å². The Labute approximate surface area is 160 Å². The smallest absolute Gasteiger partial charge is 0.338 e. The van der Waals surface area contributed by atoms with Gasteiger partial charge in [0.1, 0.15) is 6.61 Å². The third kappa shape index (κ3) is 3.66. The summed E-state index contributed by atoms with van der Waals surface area (Å²) < 4.78 is 4.83. The maximum Gasteiger partial charge on any atom is 0.338 e. The highest BCUT2D eigenvalue weighted by Gasteiger charge is 2.37. The fourth-order valence-electron chi connectivity index (χ4n) is 2.75. The molecule has 0 unspecified atom stereocenters. The van der Waals surface area contributed by atoms with Crippen molar-refractivity contribution in [3.8, 4) is 0 Å². The van der Waals surface area contributed by atoms with Gasteiger partial charge in [0.25, 0.3) is 11.8 Å². The number of esters is 1. The normalized spacial score (nSPS) is 12.6. The zero-order valence-corrected chi connectivity index (χ0v) is 15.1. The molecular weight excluding hydrogens is 364 g/mol. The molecular formula is C20H16N2O6. The van der Waals surface area contributed by atoms with Crippen LogP contribution in [0.5, 0.6) is 0 Å². The molecule has 1 N–H and O–H groups in total. The van der Waals surface area contributed by atoms with Gasteiger partial charge in [0.15, 0.2) is 5.78 Å². The molecule has 2 aromatic carbocycles. The lowest BCUT2D eigenvalue weighted by Gasteiger charge is -2.14. The van der Waals surface area contributed by atoms with E-state index in [1.54, 1.807) is 12.1 Å². The molecule has 1 aliphatic heterocycles. The summed E-state index contributed by atoms with van der Waals surface area (Å²) >= 11 is 0. The summed E-state index contributed by atoms with van der Waals surface area (Å²) in [6.45, 7) is 2.29. The highest BCUT2D eigenvalue weighted by molar-refractivity contribution is 6.34. The molecule has 3 rings (SSSR count). The summed E-state index contributed by atoms with van der Waals surface area (Å²) in [5.41, 5.74) is 1.18. The van der Waals surface area contributed by atoms with Gasteiger partial charge in [-0.2, -0.15) is 0 Å². The second-order valence-electron chi connectivity index (χ2n) is 6.21. The lowest BCUT2D eigenvalue weighted by atomic mass is 10.1. The van der Waals surface area contributed by atoms with Crippen molar-refractivity contribution in [3.63, 3.8) is 0 Å². The van der Waals surface area contributed by atoms with Crippen molar-refractivity contribution in [2.75, 3.05) is 16.8 Å². The van der Waals surface area contributed by atoms with E-state index in [-0.39, 0.29) is 35.0 Å². The van der Waals surface area contributed by atoms with Crippen LogP contribution >= 0.6 is 0 Å². The number of rotatable bonds is 5. The van der Waals surface area contributed by atoms with E-state index in [2.05, 4.69) is 5.32 Å². The lowest BCUT2D eigenvalue weighted by molar-refractivity contribution is -0.120. The first-order valence-corrected chi connectivity index (χ1v) is 8.35. The lowest BCUT2D eigenvalue weighted by Crippen LogP contribution is -2.29. The van der Waals surface area contributed by atoms with Gasteiger partial charge in [-0.15, -0.1) is 0 Å². The van der Waals surface area contributed by atoms with Crippen molar-refractivity contribution in [1.82, 2.24) is 0 Å². The van der Waals surface area contributed by atoms with E-state index in [4.69, 9.17) is 4.74 Å². The molecule has 0 aromatic heterocycles. The summed E-state index contributed by atoms with van der Waals surface area (Å²) in [6, 6.07) is 10.3. The van der Waals surface area contributed by atoms with Gasteiger partial charge < -0.3 is 10.1 Å². The first-order valence-electron chi connectivity index (χ1n) is 8.35. The molecule has 8 nitrogen and oxygen atoms in total. The predicted molar refractivity (Wildman–Crippen MR) is 99.3 cm³/mol. The Balaban J connectivity index is 1.86. The summed E-state index contributed by atoms with van der Waals surface area (Å²) in [7, 11) is 0. The van der Waals surface area contributed by atoms with E-state index < -0.39 is 17.8 Å². The Hall–Kier alpha value is -3.81. The molecule has 0 atom stereocenters. The number of anilines is 2. The van der Waals surface area contributed by atoms with Crippen LogP contribution in [0.4, 0.5) is 11.4 Å². The number of carbonyl (C=O) groups is 5. The van der Waals surface area contributed by atoms with Crippen LogP contribution in [0.1, 0.15) is 44.9 Å². The quantitative estimate of drug-likeness (QED) is 0.629. The fraction of sp³-hybridized carbons (Fsp3) is 0.150. The number of ether oxygens (including phenoxy) is 1. The van der Waals surface area contributed by atoms with Gasteiger partial charge in [0.2, 0.25) is 5.91 Å². The number of imide groups is 1. The standard InChI is InChI=1S/C20H16N2O6/c1-11(23)10-28-20(27)13-3-8-16-17(9-13)19(26)22(18(16)25)15-6-4-14(5-7-15)21-12(2)24/h3-9H,10H2,1-2H3,(H,21,24). The second kappa shape index (κ2) is 7.43. The molecule has 0 saturated heterocycles. The van der Waals surface area contributed by atoms with Gasteiger partial charge in [-0.05, 0) is 49.4 Å². The molecule has 1 heterocycles. The minimum atomic E-state index is -0.753. The number of hydrogen-bond donors (Lipinski definition) is 1. The van der Waals surface area contributed by atoms with E-state index in [1.807, 2.05) is 0 Å². The number of fused-ring (bicyclic) bond motifs is 1. The van der Waals surface area contributed by atoms with Gasteiger partial charge in [-0.3, -0.25) is 19.2 Å². The molecule has 0 fully saturated rings. The SMILES string of the molecule is CC(=O)COC(=O)c1ccc2c(c1)C(=O)N(c1ccc(NC(C)=O)cc1)C2=O. The Morgan fingerprint density at radius 1 is 0.929 bits per heavy atom. The van der Waals surface area contributed by atoms with Gasteiger partial charge in [-0.25, -0.2) is 9.69 Å². The average Bonchev–Trinajstić information content (AvgIpc) is 2.90. The fourth-order valence-corrected chi connectivity index (χ4v) is 2.75. The van der Waals surface area contributed by atoms with E-state index in [0.29, 0.717) is 11.4 Å². The van der Waals surface area contributed by atoms with Gasteiger partial charge >= 0.3 is 5.97 Å². The zero-order valence-electron chi connectivity index (χ0n) is 15.1. The Morgan fingerprint density at radius 3 is 2.18 bits per heavy atom. The molecule has 0 bridgehead atoms. The Bertz CT molecular complexity index is 1010. The number of carbonyl (C=O) groups excluding carboxylic acids is 5. The maximum atomic E-state index is 12.7. The average molecular weight is 380 g/mol. The zero-order chi connectivity index (χ0) is 20.4. The van der Waals surface area contributed by atoms with Crippen LogP contribution in [-0.4, -0.2) is 36.1 Å². The van der Waals surface area contributed by atoms with Crippen LogP contribution in [0.3, 0.4) is 0 Å². The largest absolute Gasteiger partial charge is 0.454 e. The molecule has 2 aromatic rings. The molecule has 8 heteroatoms. The van der Waals surface area contributed by atoms with Gasteiger partial charge in [0.05, 0.1) is 22.4 Å². The second-order valence-corrected chi connectivity index (χ2v) is 6.21. The van der Waals surface area contributed by atoms with Crippen LogP contribution in [0.2, 0.25) is 0 Å². The molecule has 28 heavy (non-hydrogen) atoms. The molecule has 142 valence electrons. The van der Waals surface area contributed by atoms with E-state index >= 15 is 0 Å². The maximum absolute atomic E-state index is 12.7. The number of hydrogen-bond acceptors (Lipinski definition) is 6. The minimum absolute atomic E-state index is 0.0732. The van der Waals surface area contributed by atoms with Crippen molar-refractivity contribution >= 4 is 40.8 Å². The summed E-state index contributed by atoms with van der Waals surface area (Å²) in [6.07, 6.45) is 0. The number of benzene rings is 2. The minimum Gasteiger partial charge on any atom is -0.454 e. The molecule has 0 aliphatic carbocycles.